The first-order valence-electron chi connectivity index (χ1n) is 10.9. The van der Waals surface area contributed by atoms with Crippen LogP contribution < -0.4 is 4.43 Å². The van der Waals surface area contributed by atoms with E-state index in [1.807, 2.05) is 23.4 Å². The van der Waals surface area contributed by atoms with Crippen molar-refractivity contribution >= 4 is 37.2 Å². The highest BCUT2D eigenvalue weighted by Crippen LogP contribution is 2.45. The highest BCUT2D eigenvalue weighted by molar-refractivity contribution is 7.14. The van der Waals surface area contributed by atoms with Crippen molar-refractivity contribution in [3.63, 3.8) is 0 Å². The zero-order valence-electron chi connectivity index (χ0n) is 18.6. The molecular formula is C24H32ClNO2SSi. The molecule has 2 atom stereocenters. The first kappa shape index (κ1) is 22.1. The molecule has 1 fully saturated rings. The second-order valence-electron chi connectivity index (χ2n) is 10.3. The topological polar surface area (TPSA) is 29.5 Å². The second kappa shape index (κ2) is 8.11. The summed E-state index contributed by atoms with van der Waals surface area (Å²) in [4.78, 5) is 15.3. The van der Waals surface area contributed by atoms with Gasteiger partial charge in [-0.25, -0.2) is 4.79 Å². The van der Waals surface area contributed by atoms with Crippen LogP contribution >= 0.6 is 22.9 Å². The average molecular weight is 462 g/mol. The zero-order valence-corrected chi connectivity index (χ0v) is 21.2. The third-order valence-corrected chi connectivity index (χ3v) is 13.2. The van der Waals surface area contributed by atoms with Gasteiger partial charge in [-0.3, -0.25) is 4.90 Å². The summed E-state index contributed by atoms with van der Waals surface area (Å²) in [6.45, 7) is 13.4. The van der Waals surface area contributed by atoms with Crippen LogP contribution in [0.15, 0.2) is 35.4 Å². The third-order valence-electron chi connectivity index (χ3n) is 7.09. The van der Waals surface area contributed by atoms with Gasteiger partial charge in [-0.2, -0.15) is 0 Å². The molecule has 0 amide bonds. The van der Waals surface area contributed by atoms with Gasteiger partial charge >= 0.3 is 0 Å². The van der Waals surface area contributed by atoms with Gasteiger partial charge in [-0.05, 0) is 66.6 Å². The predicted octanol–water partition coefficient (Wildman–Crippen LogP) is 6.13. The SMILES string of the molecule is CC(C)(C)[Si](C)(C)Oc1cc2c(s1)CCN(C(C1=CC=CC(=C=O)C1Cl)C1CC1)C2. The van der Waals surface area contributed by atoms with Gasteiger partial charge in [0.25, 0.3) is 8.32 Å². The molecule has 0 N–H and O–H groups in total. The summed E-state index contributed by atoms with van der Waals surface area (Å²) in [6.07, 6.45) is 9.39. The normalized spacial score (nSPS) is 23.6. The number of hydrogen-bond donors (Lipinski definition) is 0. The van der Waals surface area contributed by atoms with Crippen LogP contribution in [0.2, 0.25) is 18.1 Å². The molecule has 0 saturated heterocycles. The molecule has 3 nitrogen and oxygen atoms in total. The van der Waals surface area contributed by atoms with Crippen LogP contribution in [0.3, 0.4) is 0 Å². The highest BCUT2D eigenvalue weighted by atomic mass is 35.5. The van der Waals surface area contributed by atoms with Crippen LogP contribution in [0, 0.1) is 5.92 Å². The Kier molecular flexibility index (Phi) is 5.97. The number of thiophene rings is 1. The maximum absolute atomic E-state index is 11.3. The minimum absolute atomic E-state index is 0.195. The molecule has 3 aliphatic rings. The second-order valence-corrected chi connectivity index (χ2v) is 16.6. The van der Waals surface area contributed by atoms with Gasteiger partial charge in [0, 0.05) is 24.0 Å². The fraction of sp³-hybridized carbons (Fsp3) is 0.583. The molecular weight excluding hydrogens is 430 g/mol. The predicted molar refractivity (Wildman–Crippen MR) is 129 cm³/mol. The lowest BCUT2D eigenvalue weighted by Crippen LogP contribution is -2.43. The molecule has 0 bridgehead atoms. The van der Waals surface area contributed by atoms with Gasteiger partial charge in [0.2, 0.25) is 0 Å². The van der Waals surface area contributed by atoms with Crippen molar-refractivity contribution in [3.05, 3.63) is 45.9 Å². The van der Waals surface area contributed by atoms with Gasteiger partial charge in [-0.1, -0.05) is 32.9 Å². The number of carbonyl (C=O) groups excluding carboxylic acids is 1. The fourth-order valence-electron chi connectivity index (χ4n) is 4.16. The molecule has 2 aliphatic carbocycles. The quantitative estimate of drug-likeness (QED) is 0.300. The van der Waals surface area contributed by atoms with E-state index in [1.54, 1.807) is 6.08 Å². The fourth-order valence-corrected chi connectivity index (χ4v) is 7.03. The van der Waals surface area contributed by atoms with Crippen molar-refractivity contribution in [1.29, 1.82) is 0 Å². The number of rotatable bonds is 5. The van der Waals surface area contributed by atoms with Crippen LogP contribution in [-0.2, 0) is 17.8 Å². The Labute approximate surface area is 190 Å². The summed E-state index contributed by atoms with van der Waals surface area (Å²) in [5, 5.41) is 0.915. The number of hydrogen-bond acceptors (Lipinski definition) is 4. The first-order valence-corrected chi connectivity index (χ1v) is 15.1. The Bertz CT molecular complexity index is 931. The van der Waals surface area contributed by atoms with Crippen molar-refractivity contribution in [3.8, 4) is 5.06 Å². The molecule has 30 heavy (non-hydrogen) atoms. The number of allylic oxidation sites excluding steroid dienone is 4. The molecule has 1 aromatic rings. The third kappa shape index (κ3) is 4.28. The van der Waals surface area contributed by atoms with Crippen molar-refractivity contribution < 1.29 is 9.22 Å². The molecule has 2 unspecified atom stereocenters. The molecule has 6 heteroatoms. The molecule has 0 spiro atoms. The Morgan fingerprint density at radius 2 is 2.07 bits per heavy atom. The van der Waals surface area contributed by atoms with Crippen LogP contribution in [0.4, 0.5) is 0 Å². The summed E-state index contributed by atoms with van der Waals surface area (Å²) in [7, 11) is -1.83. The van der Waals surface area contributed by atoms with Gasteiger partial charge in [-0.15, -0.1) is 22.9 Å². The highest BCUT2D eigenvalue weighted by Gasteiger charge is 2.42. The lowest BCUT2D eigenvalue weighted by molar-refractivity contribution is 0.184. The smallest absolute Gasteiger partial charge is 0.251 e. The molecule has 1 aliphatic heterocycles. The molecule has 162 valence electrons. The molecule has 1 aromatic heterocycles. The van der Waals surface area contributed by atoms with Gasteiger partial charge < -0.3 is 4.43 Å². The van der Waals surface area contributed by atoms with E-state index in [0.29, 0.717) is 17.5 Å². The first-order chi connectivity index (χ1) is 14.1. The number of nitrogens with zero attached hydrogens (tertiary/aromatic N) is 1. The standard InChI is InChI=1S/C24H32ClNO2SSi/c1-24(2,3)30(4,5)28-21-13-18-14-26(12-11-20(18)29-21)23(16-9-10-16)19-8-6-7-17(15-27)22(19)25/h6-8,13,16,22-23H,9-12,14H2,1-5H3. The number of fused-ring (bicyclic) bond motifs is 1. The maximum atomic E-state index is 11.3. The minimum Gasteiger partial charge on any atom is -0.537 e. The van der Waals surface area contributed by atoms with Crippen LogP contribution in [0.25, 0.3) is 0 Å². The monoisotopic (exact) mass is 461 g/mol. The van der Waals surface area contributed by atoms with Gasteiger partial charge in [0.05, 0.1) is 11.0 Å². The van der Waals surface area contributed by atoms with E-state index in [2.05, 4.69) is 50.9 Å². The van der Waals surface area contributed by atoms with Crippen LogP contribution in [0.1, 0.15) is 44.1 Å². The van der Waals surface area contributed by atoms with E-state index in [9.17, 15) is 4.79 Å². The molecule has 4 rings (SSSR count). The van der Waals surface area contributed by atoms with E-state index in [0.717, 1.165) is 30.1 Å². The molecule has 0 radical (unpaired) electrons. The average Bonchev–Trinajstić information content (AvgIpc) is 3.41. The lowest BCUT2D eigenvalue weighted by Gasteiger charge is -2.38. The van der Waals surface area contributed by atoms with Crippen molar-refractivity contribution in [2.24, 2.45) is 5.92 Å². The summed E-state index contributed by atoms with van der Waals surface area (Å²) in [5.41, 5.74) is 3.12. The maximum Gasteiger partial charge on any atom is 0.251 e. The van der Waals surface area contributed by atoms with Crippen LogP contribution in [-0.4, -0.2) is 37.1 Å². The van der Waals surface area contributed by atoms with Crippen LogP contribution in [0.5, 0.6) is 5.06 Å². The van der Waals surface area contributed by atoms with Crippen molar-refractivity contribution in [1.82, 2.24) is 4.90 Å². The van der Waals surface area contributed by atoms with E-state index in [-0.39, 0.29) is 10.4 Å². The van der Waals surface area contributed by atoms with Gasteiger partial charge in [0.1, 0.15) is 5.94 Å². The minimum atomic E-state index is -1.83. The Balaban J connectivity index is 1.55. The summed E-state index contributed by atoms with van der Waals surface area (Å²) < 4.78 is 6.59. The van der Waals surface area contributed by atoms with E-state index in [4.69, 9.17) is 16.0 Å². The largest absolute Gasteiger partial charge is 0.537 e. The Hall–Kier alpha value is -1.10. The Morgan fingerprint density at radius 3 is 2.70 bits per heavy atom. The van der Waals surface area contributed by atoms with Gasteiger partial charge in [0.15, 0.2) is 5.06 Å². The zero-order chi connectivity index (χ0) is 21.7. The molecule has 1 saturated carbocycles. The van der Waals surface area contributed by atoms with Crippen molar-refractivity contribution in [2.75, 3.05) is 6.54 Å². The van der Waals surface area contributed by atoms with E-state index < -0.39 is 8.32 Å². The van der Waals surface area contributed by atoms with E-state index >= 15 is 0 Å². The molecule has 0 aromatic carbocycles. The summed E-state index contributed by atoms with van der Waals surface area (Å²) in [5.74, 6) is 2.67. The molecule has 2 heterocycles. The summed E-state index contributed by atoms with van der Waals surface area (Å²) in [6, 6.07) is 2.58. The van der Waals surface area contributed by atoms with E-state index in [1.165, 1.54) is 23.3 Å². The Morgan fingerprint density at radius 1 is 1.33 bits per heavy atom. The van der Waals surface area contributed by atoms with Crippen molar-refractivity contribution in [2.45, 2.75) is 76.1 Å². The number of halogens is 1. The summed E-state index contributed by atoms with van der Waals surface area (Å²) >= 11 is 8.53. The lowest BCUT2D eigenvalue weighted by atomic mass is 9.89. The number of alkyl halides is 1.